The average molecular weight is 446 g/mol. The number of thiophene rings is 1. The minimum absolute atomic E-state index is 0.123. The van der Waals surface area contributed by atoms with Crippen molar-refractivity contribution in [2.75, 3.05) is 0 Å². The lowest BCUT2D eigenvalue weighted by Gasteiger charge is -2.18. The number of aromatic nitrogens is 2. The zero-order valence-corrected chi connectivity index (χ0v) is 18.3. The third-order valence-electron chi connectivity index (χ3n) is 4.68. The summed E-state index contributed by atoms with van der Waals surface area (Å²) in [6.45, 7) is 1.94. The van der Waals surface area contributed by atoms with E-state index in [0.717, 1.165) is 22.5 Å². The molecule has 0 fully saturated rings. The molecule has 0 saturated carbocycles. The van der Waals surface area contributed by atoms with Gasteiger partial charge in [0.15, 0.2) is 0 Å². The van der Waals surface area contributed by atoms with Gasteiger partial charge in [0, 0.05) is 13.2 Å². The van der Waals surface area contributed by atoms with Crippen LogP contribution in [0.25, 0.3) is 10.2 Å². The predicted octanol–water partition coefficient (Wildman–Crippen LogP) is 3.63. The van der Waals surface area contributed by atoms with Gasteiger partial charge in [-0.25, -0.2) is 13.1 Å². The van der Waals surface area contributed by atoms with Crippen LogP contribution in [0.2, 0.25) is 0 Å². The van der Waals surface area contributed by atoms with E-state index in [-0.39, 0.29) is 9.77 Å². The van der Waals surface area contributed by atoms with Crippen LogP contribution in [0.5, 0.6) is 0 Å². The molecule has 0 radical (unpaired) electrons. The lowest BCUT2D eigenvalue weighted by molar-refractivity contribution is 0.550. The minimum Gasteiger partial charge on any atom is -0.302 e. The van der Waals surface area contributed by atoms with Gasteiger partial charge in [-0.15, -0.1) is 0 Å². The number of hydrogen-bond acceptors (Lipinski definition) is 6. The molecule has 0 saturated heterocycles. The number of rotatable bonds is 6. The van der Waals surface area contributed by atoms with E-state index in [9.17, 15) is 13.2 Å². The Morgan fingerprint density at radius 1 is 1.21 bits per heavy atom. The van der Waals surface area contributed by atoms with E-state index in [2.05, 4.69) is 9.71 Å². The van der Waals surface area contributed by atoms with Crippen LogP contribution in [0.1, 0.15) is 22.9 Å². The molecule has 1 N–H and O–H groups in total. The summed E-state index contributed by atoms with van der Waals surface area (Å²) in [5.41, 5.74) is 3.43. The van der Waals surface area contributed by atoms with E-state index in [1.165, 1.54) is 10.6 Å². The van der Waals surface area contributed by atoms with Gasteiger partial charge in [0.2, 0.25) is 10.0 Å². The van der Waals surface area contributed by atoms with E-state index in [4.69, 9.17) is 0 Å². The first-order valence-corrected chi connectivity index (χ1v) is 12.1. The first-order chi connectivity index (χ1) is 13.8. The van der Waals surface area contributed by atoms with Crippen LogP contribution in [-0.2, 0) is 23.5 Å². The predicted molar refractivity (Wildman–Crippen MR) is 117 cm³/mol. The topological polar surface area (TPSA) is 81.1 Å². The second-order valence-electron chi connectivity index (χ2n) is 6.83. The molecule has 0 spiro atoms. The molecule has 4 rings (SSSR count). The van der Waals surface area contributed by atoms with Crippen molar-refractivity contribution < 1.29 is 8.42 Å². The number of benzene rings is 1. The molecule has 0 aliphatic heterocycles. The Balaban J connectivity index is 1.70. The summed E-state index contributed by atoms with van der Waals surface area (Å²) in [6.07, 6.45) is 2.23. The molecule has 1 atom stereocenters. The first-order valence-electron chi connectivity index (χ1n) is 8.89. The van der Waals surface area contributed by atoms with Gasteiger partial charge in [-0.2, -0.15) is 11.3 Å². The van der Waals surface area contributed by atoms with Crippen molar-refractivity contribution in [1.29, 1.82) is 0 Å². The number of sulfonamides is 1. The lowest BCUT2D eigenvalue weighted by Crippen LogP contribution is -2.30. The summed E-state index contributed by atoms with van der Waals surface area (Å²) < 4.78 is 31.2. The van der Waals surface area contributed by atoms with E-state index >= 15 is 0 Å². The van der Waals surface area contributed by atoms with Gasteiger partial charge >= 0.3 is 4.87 Å². The fourth-order valence-corrected chi connectivity index (χ4v) is 5.98. The van der Waals surface area contributed by atoms with Crippen molar-refractivity contribution in [3.05, 3.63) is 79.8 Å². The molecule has 6 nitrogen and oxygen atoms in total. The van der Waals surface area contributed by atoms with Gasteiger partial charge in [-0.05, 0) is 65.6 Å². The monoisotopic (exact) mass is 445 g/mol. The van der Waals surface area contributed by atoms with Crippen LogP contribution >= 0.6 is 22.7 Å². The average Bonchev–Trinajstić information content (AvgIpc) is 3.29. The van der Waals surface area contributed by atoms with Gasteiger partial charge in [-0.1, -0.05) is 17.4 Å². The second-order valence-corrected chi connectivity index (χ2v) is 10.3. The summed E-state index contributed by atoms with van der Waals surface area (Å²) in [4.78, 5) is 16.3. The van der Waals surface area contributed by atoms with Gasteiger partial charge in [0.1, 0.15) is 0 Å². The van der Waals surface area contributed by atoms with Crippen molar-refractivity contribution >= 4 is 42.9 Å². The zero-order chi connectivity index (χ0) is 20.6. The van der Waals surface area contributed by atoms with Crippen LogP contribution in [0.4, 0.5) is 0 Å². The first kappa shape index (κ1) is 20.0. The molecule has 4 aromatic rings. The van der Waals surface area contributed by atoms with Gasteiger partial charge < -0.3 is 4.57 Å². The van der Waals surface area contributed by atoms with Crippen LogP contribution < -0.4 is 9.60 Å². The molecule has 0 aliphatic rings. The molecule has 3 heterocycles. The van der Waals surface area contributed by atoms with Crippen LogP contribution in [0, 0.1) is 6.92 Å². The summed E-state index contributed by atoms with van der Waals surface area (Å²) in [5.74, 6) is 0. The molecule has 0 bridgehead atoms. The number of hydrogen-bond donors (Lipinski definition) is 1. The summed E-state index contributed by atoms with van der Waals surface area (Å²) in [7, 11) is -2.13. The van der Waals surface area contributed by atoms with E-state index in [0.29, 0.717) is 22.3 Å². The standard InChI is InChI=1S/C20H19N3O3S3/c1-13-3-5-16(21-11-13)17(9-14-7-8-27-12-14)22-29(25,26)15-4-6-18-19(10-15)28-20(24)23(18)2/h3-8,10-12,17,22H,9H2,1-2H3. The molecule has 9 heteroatoms. The molecule has 29 heavy (non-hydrogen) atoms. The number of aryl methyl sites for hydroxylation is 2. The third kappa shape index (κ3) is 4.18. The largest absolute Gasteiger partial charge is 0.307 e. The van der Waals surface area contributed by atoms with Crippen LogP contribution in [0.3, 0.4) is 0 Å². The Kier molecular flexibility index (Phi) is 5.39. The quantitative estimate of drug-likeness (QED) is 0.491. The normalized spacial score (nSPS) is 13.0. The number of nitrogens with zero attached hydrogens (tertiary/aromatic N) is 2. The van der Waals surface area contributed by atoms with Crippen molar-refractivity contribution in [3.8, 4) is 0 Å². The highest BCUT2D eigenvalue weighted by Crippen LogP contribution is 2.25. The molecule has 0 amide bonds. The molecule has 0 aliphatic carbocycles. The Labute approximate surface area is 176 Å². The Bertz CT molecular complexity index is 1300. The Morgan fingerprint density at radius 3 is 2.72 bits per heavy atom. The molecular weight excluding hydrogens is 426 g/mol. The van der Waals surface area contributed by atoms with Gasteiger partial charge in [0.25, 0.3) is 0 Å². The number of nitrogens with one attached hydrogen (secondary N) is 1. The van der Waals surface area contributed by atoms with E-state index in [1.807, 2.05) is 35.9 Å². The maximum absolute atomic E-state index is 13.1. The number of fused-ring (bicyclic) bond motifs is 1. The van der Waals surface area contributed by atoms with Crippen molar-refractivity contribution in [1.82, 2.24) is 14.3 Å². The highest BCUT2D eigenvalue weighted by molar-refractivity contribution is 7.89. The fraction of sp³-hybridized carbons (Fsp3) is 0.200. The van der Waals surface area contributed by atoms with Gasteiger partial charge in [0.05, 0.1) is 26.8 Å². The molecule has 150 valence electrons. The maximum atomic E-state index is 13.1. The SMILES string of the molecule is Cc1ccc(C(Cc2ccsc2)NS(=O)(=O)c2ccc3c(c2)sc(=O)n3C)nc1. The smallest absolute Gasteiger partial charge is 0.302 e. The molecule has 1 unspecified atom stereocenters. The second kappa shape index (κ2) is 7.83. The zero-order valence-electron chi connectivity index (χ0n) is 15.8. The summed E-state index contributed by atoms with van der Waals surface area (Å²) >= 11 is 2.60. The van der Waals surface area contributed by atoms with Crippen molar-refractivity contribution in [2.45, 2.75) is 24.3 Å². The fourth-order valence-electron chi connectivity index (χ4n) is 3.07. The Hall–Kier alpha value is -2.33. The van der Waals surface area contributed by atoms with Gasteiger partial charge in [-0.3, -0.25) is 9.78 Å². The summed E-state index contributed by atoms with van der Waals surface area (Å²) in [6, 6.07) is 9.99. The van der Waals surface area contributed by atoms with Crippen molar-refractivity contribution in [2.24, 2.45) is 7.05 Å². The molecule has 1 aromatic carbocycles. The minimum atomic E-state index is -3.81. The molecule has 3 aromatic heterocycles. The van der Waals surface area contributed by atoms with E-state index < -0.39 is 16.1 Å². The van der Waals surface area contributed by atoms with E-state index in [1.54, 1.807) is 36.7 Å². The molecular formula is C20H19N3O3S3. The van der Waals surface area contributed by atoms with Crippen LogP contribution in [-0.4, -0.2) is 18.0 Å². The number of thiazole rings is 1. The summed E-state index contributed by atoms with van der Waals surface area (Å²) in [5, 5.41) is 3.97. The third-order valence-corrected chi connectivity index (χ3v) is 7.88. The highest BCUT2D eigenvalue weighted by Gasteiger charge is 2.24. The van der Waals surface area contributed by atoms with Crippen molar-refractivity contribution in [3.63, 3.8) is 0 Å². The lowest BCUT2D eigenvalue weighted by atomic mass is 10.1. The highest BCUT2D eigenvalue weighted by atomic mass is 32.2. The maximum Gasteiger partial charge on any atom is 0.307 e. The number of pyridine rings is 1. The van der Waals surface area contributed by atoms with Crippen LogP contribution in [0.15, 0.2) is 63.0 Å². The Morgan fingerprint density at radius 2 is 2.03 bits per heavy atom.